The van der Waals surface area contributed by atoms with Crippen molar-refractivity contribution in [1.29, 1.82) is 0 Å². The Labute approximate surface area is 111 Å². The highest BCUT2D eigenvalue weighted by Crippen LogP contribution is 2.14. The summed E-state index contributed by atoms with van der Waals surface area (Å²) in [5.74, 6) is 3.87. The number of ether oxygens (including phenoxy) is 1. The first-order chi connectivity index (χ1) is 9.10. The number of hydrazine groups is 1. The number of nitrogens with two attached hydrogens (primary N) is 1. The number of morpholine rings is 1. The van der Waals surface area contributed by atoms with Gasteiger partial charge in [-0.2, -0.15) is 0 Å². The molecule has 0 saturated carbocycles. The van der Waals surface area contributed by atoms with Gasteiger partial charge in [0.15, 0.2) is 11.6 Å². The van der Waals surface area contributed by atoms with Gasteiger partial charge >= 0.3 is 0 Å². The lowest BCUT2D eigenvalue weighted by atomic mass is 10.0. The van der Waals surface area contributed by atoms with Gasteiger partial charge in [0.25, 0.3) is 0 Å². The second-order valence-electron chi connectivity index (χ2n) is 4.90. The molecule has 1 aromatic carbocycles. The van der Waals surface area contributed by atoms with E-state index >= 15 is 0 Å². The van der Waals surface area contributed by atoms with Gasteiger partial charge < -0.3 is 9.64 Å². The second kappa shape index (κ2) is 6.38. The number of halogens is 2. The topological polar surface area (TPSA) is 50.5 Å². The van der Waals surface area contributed by atoms with Gasteiger partial charge in [0.1, 0.15) is 0 Å². The lowest BCUT2D eigenvalue weighted by Gasteiger charge is -2.35. The first kappa shape index (κ1) is 14.3. The van der Waals surface area contributed by atoms with E-state index in [0.29, 0.717) is 18.6 Å². The fourth-order valence-corrected chi connectivity index (χ4v) is 2.27. The normalized spacial score (nSPS) is 22.4. The van der Waals surface area contributed by atoms with Crippen LogP contribution < -0.4 is 11.3 Å². The summed E-state index contributed by atoms with van der Waals surface area (Å²) in [6, 6.07) is 3.76. The van der Waals surface area contributed by atoms with E-state index in [9.17, 15) is 8.78 Å². The Morgan fingerprint density at radius 1 is 1.47 bits per heavy atom. The smallest absolute Gasteiger partial charge is 0.159 e. The Hall–Kier alpha value is -1.08. The fourth-order valence-electron chi connectivity index (χ4n) is 2.27. The van der Waals surface area contributed by atoms with Gasteiger partial charge in [-0.15, -0.1) is 0 Å². The highest BCUT2D eigenvalue weighted by atomic mass is 19.2. The molecule has 1 aromatic rings. The molecule has 2 unspecified atom stereocenters. The zero-order valence-electron chi connectivity index (χ0n) is 10.9. The molecule has 0 amide bonds. The van der Waals surface area contributed by atoms with Crippen molar-refractivity contribution < 1.29 is 13.5 Å². The maximum absolute atomic E-state index is 13.2. The summed E-state index contributed by atoms with van der Waals surface area (Å²) in [5, 5.41) is 0. The Bertz CT molecular complexity index is 430. The third kappa shape index (κ3) is 3.70. The summed E-state index contributed by atoms with van der Waals surface area (Å²) in [5.41, 5.74) is 3.40. The van der Waals surface area contributed by atoms with Crippen molar-refractivity contribution in [3.05, 3.63) is 35.4 Å². The fraction of sp³-hybridized carbons (Fsp3) is 0.538. The Kier molecular flexibility index (Phi) is 4.81. The van der Waals surface area contributed by atoms with E-state index in [0.717, 1.165) is 19.2 Å². The third-order valence-corrected chi connectivity index (χ3v) is 3.40. The Morgan fingerprint density at radius 3 is 2.89 bits per heavy atom. The van der Waals surface area contributed by atoms with E-state index in [-0.39, 0.29) is 12.1 Å². The molecule has 2 atom stereocenters. The molecule has 1 heterocycles. The van der Waals surface area contributed by atoms with Gasteiger partial charge in [-0.3, -0.25) is 11.3 Å². The first-order valence-corrected chi connectivity index (χ1v) is 6.30. The molecule has 0 aliphatic carbocycles. The van der Waals surface area contributed by atoms with Crippen LogP contribution in [0.25, 0.3) is 0 Å². The number of likely N-dealkylation sites (N-methyl/N-ethyl adjacent to an activating group) is 1. The lowest BCUT2D eigenvalue weighted by Crippen LogP contribution is -2.54. The van der Waals surface area contributed by atoms with E-state index in [2.05, 4.69) is 10.3 Å². The molecule has 19 heavy (non-hydrogen) atoms. The van der Waals surface area contributed by atoms with Crippen LogP contribution in [0.3, 0.4) is 0 Å². The third-order valence-electron chi connectivity index (χ3n) is 3.40. The van der Waals surface area contributed by atoms with Crippen LogP contribution in [0, 0.1) is 11.6 Å². The van der Waals surface area contributed by atoms with Gasteiger partial charge in [-0.1, -0.05) is 6.07 Å². The van der Waals surface area contributed by atoms with Crippen molar-refractivity contribution in [2.75, 3.05) is 26.7 Å². The highest BCUT2D eigenvalue weighted by Gasteiger charge is 2.26. The minimum Gasteiger partial charge on any atom is -0.374 e. The van der Waals surface area contributed by atoms with Gasteiger partial charge in [-0.05, 0) is 31.2 Å². The minimum absolute atomic E-state index is 0.0585. The minimum atomic E-state index is -0.838. The predicted molar refractivity (Wildman–Crippen MR) is 68.4 cm³/mol. The number of nitrogens with one attached hydrogen (secondary N) is 1. The van der Waals surface area contributed by atoms with E-state index in [4.69, 9.17) is 10.6 Å². The Balaban J connectivity index is 2.03. The van der Waals surface area contributed by atoms with Crippen molar-refractivity contribution >= 4 is 0 Å². The predicted octanol–water partition coefficient (Wildman–Crippen LogP) is 0.670. The van der Waals surface area contributed by atoms with Crippen LogP contribution in [0.5, 0.6) is 0 Å². The SMILES string of the molecule is CN1CCOC(C(Cc2ccc(F)c(F)c2)NN)C1. The van der Waals surface area contributed by atoms with Crippen LogP contribution in [0.15, 0.2) is 18.2 Å². The molecule has 0 spiro atoms. The van der Waals surface area contributed by atoms with Crippen LogP contribution >= 0.6 is 0 Å². The summed E-state index contributed by atoms with van der Waals surface area (Å²) in [4.78, 5) is 2.16. The van der Waals surface area contributed by atoms with Crippen molar-refractivity contribution in [3.8, 4) is 0 Å². The molecule has 3 N–H and O–H groups in total. The van der Waals surface area contributed by atoms with E-state index < -0.39 is 11.6 Å². The molecular formula is C13H19F2N3O. The molecule has 0 radical (unpaired) electrons. The molecular weight excluding hydrogens is 252 g/mol. The van der Waals surface area contributed by atoms with E-state index in [1.807, 2.05) is 7.05 Å². The van der Waals surface area contributed by atoms with Gasteiger partial charge in [0, 0.05) is 13.1 Å². The zero-order chi connectivity index (χ0) is 13.8. The van der Waals surface area contributed by atoms with Crippen LogP contribution in [0.1, 0.15) is 5.56 Å². The number of nitrogens with zero attached hydrogens (tertiary/aromatic N) is 1. The maximum Gasteiger partial charge on any atom is 0.159 e. The molecule has 1 aliphatic rings. The van der Waals surface area contributed by atoms with Crippen LogP contribution in [0.4, 0.5) is 8.78 Å². The average molecular weight is 271 g/mol. The lowest BCUT2D eigenvalue weighted by molar-refractivity contribution is -0.0384. The van der Waals surface area contributed by atoms with Crippen LogP contribution in [0.2, 0.25) is 0 Å². The molecule has 0 bridgehead atoms. The summed E-state index contributed by atoms with van der Waals surface area (Å²) in [6.45, 7) is 2.30. The van der Waals surface area contributed by atoms with Gasteiger partial charge in [-0.25, -0.2) is 8.78 Å². The average Bonchev–Trinajstić information content (AvgIpc) is 2.40. The molecule has 1 saturated heterocycles. The zero-order valence-corrected chi connectivity index (χ0v) is 10.9. The van der Waals surface area contributed by atoms with Crippen molar-refractivity contribution in [2.24, 2.45) is 5.84 Å². The number of benzene rings is 1. The molecule has 4 nitrogen and oxygen atoms in total. The second-order valence-corrected chi connectivity index (χ2v) is 4.90. The molecule has 0 aromatic heterocycles. The monoisotopic (exact) mass is 271 g/mol. The molecule has 106 valence electrons. The molecule has 1 aliphatic heterocycles. The summed E-state index contributed by atoms with van der Waals surface area (Å²) in [6.07, 6.45) is 0.434. The summed E-state index contributed by atoms with van der Waals surface area (Å²) < 4.78 is 31.7. The number of rotatable bonds is 4. The van der Waals surface area contributed by atoms with E-state index in [1.165, 1.54) is 6.07 Å². The first-order valence-electron chi connectivity index (χ1n) is 6.30. The molecule has 2 rings (SSSR count). The standard InChI is InChI=1S/C13H19F2N3O/c1-18-4-5-19-13(8-18)12(17-16)7-9-2-3-10(14)11(15)6-9/h2-3,6,12-13,17H,4-5,7-8,16H2,1H3. The van der Waals surface area contributed by atoms with Crippen molar-refractivity contribution in [3.63, 3.8) is 0 Å². The summed E-state index contributed by atoms with van der Waals surface area (Å²) >= 11 is 0. The van der Waals surface area contributed by atoms with Crippen LogP contribution in [-0.2, 0) is 11.2 Å². The highest BCUT2D eigenvalue weighted by molar-refractivity contribution is 5.19. The quantitative estimate of drug-likeness (QED) is 0.624. The molecule has 1 fully saturated rings. The number of hydrogen-bond donors (Lipinski definition) is 2. The molecule has 6 heteroatoms. The van der Waals surface area contributed by atoms with Crippen molar-refractivity contribution in [2.45, 2.75) is 18.6 Å². The number of hydrogen-bond acceptors (Lipinski definition) is 4. The van der Waals surface area contributed by atoms with E-state index in [1.54, 1.807) is 6.07 Å². The van der Waals surface area contributed by atoms with Gasteiger partial charge in [0.05, 0.1) is 18.8 Å². The maximum atomic E-state index is 13.2. The largest absolute Gasteiger partial charge is 0.374 e. The van der Waals surface area contributed by atoms with Crippen molar-refractivity contribution in [1.82, 2.24) is 10.3 Å². The van der Waals surface area contributed by atoms with Gasteiger partial charge in [0.2, 0.25) is 0 Å². The summed E-state index contributed by atoms with van der Waals surface area (Å²) in [7, 11) is 2.01. The Morgan fingerprint density at radius 2 is 2.26 bits per heavy atom. The van der Waals surface area contributed by atoms with Crippen LogP contribution in [-0.4, -0.2) is 43.8 Å².